The summed E-state index contributed by atoms with van der Waals surface area (Å²) in [4.78, 5) is 24.8. The smallest absolute Gasteiger partial charge is 0.338 e. The first-order valence-corrected chi connectivity index (χ1v) is 10.3. The molecule has 1 atom stereocenters. The van der Waals surface area contributed by atoms with Crippen LogP contribution in [0.1, 0.15) is 17.3 Å². The van der Waals surface area contributed by atoms with Crippen LogP contribution in [0, 0.1) is 0 Å². The van der Waals surface area contributed by atoms with E-state index in [1.807, 2.05) is 36.4 Å². The van der Waals surface area contributed by atoms with Crippen molar-refractivity contribution in [2.45, 2.75) is 17.9 Å². The standard InChI is InChI=1S/C21H20N2O5S/c1-14(20(24)23-19-12-6-8-15-7-3-4-11-18(15)19)28-21(25)16-9-5-10-17(13-16)29(26,27)22-2/h3-14,22H,1-2H3,(H,23,24). The van der Waals surface area contributed by atoms with Gasteiger partial charge in [0.2, 0.25) is 10.0 Å². The first kappa shape index (κ1) is 20.5. The normalized spacial score (nSPS) is 12.3. The van der Waals surface area contributed by atoms with E-state index in [1.165, 1.54) is 38.2 Å². The lowest BCUT2D eigenvalue weighted by molar-refractivity contribution is -0.123. The molecule has 0 fully saturated rings. The third-order valence-electron chi connectivity index (χ3n) is 4.35. The molecule has 0 heterocycles. The maximum atomic E-state index is 12.5. The Balaban J connectivity index is 1.73. The zero-order chi connectivity index (χ0) is 21.0. The second kappa shape index (κ2) is 8.42. The van der Waals surface area contributed by atoms with Crippen LogP contribution in [0.15, 0.2) is 71.6 Å². The fraction of sp³-hybridized carbons (Fsp3) is 0.143. The molecule has 150 valence electrons. The number of esters is 1. The molecular weight excluding hydrogens is 392 g/mol. The van der Waals surface area contributed by atoms with Crippen molar-refractivity contribution in [2.24, 2.45) is 0 Å². The summed E-state index contributed by atoms with van der Waals surface area (Å²) < 4.78 is 31.2. The second-order valence-corrected chi connectivity index (χ2v) is 8.19. The minimum absolute atomic E-state index is 0.0335. The molecule has 2 N–H and O–H groups in total. The van der Waals surface area contributed by atoms with Gasteiger partial charge in [0.1, 0.15) is 0 Å². The molecule has 0 saturated heterocycles. The highest BCUT2D eigenvalue weighted by molar-refractivity contribution is 7.89. The van der Waals surface area contributed by atoms with E-state index < -0.39 is 28.0 Å². The zero-order valence-corrected chi connectivity index (χ0v) is 16.7. The summed E-state index contributed by atoms with van der Waals surface area (Å²) in [6.07, 6.45) is -1.08. The van der Waals surface area contributed by atoms with Gasteiger partial charge in [0.15, 0.2) is 6.10 Å². The van der Waals surface area contributed by atoms with Gasteiger partial charge in [0, 0.05) is 11.1 Å². The van der Waals surface area contributed by atoms with Crippen molar-refractivity contribution in [3.8, 4) is 0 Å². The van der Waals surface area contributed by atoms with Crippen molar-refractivity contribution in [3.63, 3.8) is 0 Å². The summed E-state index contributed by atoms with van der Waals surface area (Å²) in [5.41, 5.74) is 0.643. The molecule has 0 aromatic heterocycles. The Morgan fingerprint density at radius 1 is 0.966 bits per heavy atom. The highest BCUT2D eigenvalue weighted by atomic mass is 32.2. The summed E-state index contributed by atoms with van der Waals surface area (Å²) in [5.74, 6) is -1.28. The van der Waals surface area contributed by atoms with Crippen molar-refractivity contribution in [1.82, 2.24) is 4.72 Å². The summed E-state index contributed by atoms with van der Waals surface area (Å²) in [6, 6.07) is 18.5. The van der Waals surface area contributed by atoms with Crippen molar-refractivity contribution in [1.29, 1.82) is 0 Å². The maximum absolute atomic E-state index is 12.5. The van der Waals surface area contributed by atoms with Gasteiger partial charge in [-0.3, -0.25) is 4.79 Å². The van der Waals surface area contributed by atoms with E-state index in [9.17, 15) is 18.0 Å². The van der Waals surface area contributed by atoms with Crippen LogP contribution in [0.2, 0.25) is 0 Å². The summed E-state index contributed by atoms with van der Waals surface area (Å²) >= 11 is 0. The van der Waals surface area contributed by atoms with Gasteiger partial charge in [-0.05, 0) is 43.6 Å². The van der Waals surface area contributed by atoms with Crippen molar-refractivity contribution < 1.29 is 22.7 Å². The van der Waals surface area contributed by atoms with Crippen LogP contribution in [-0.4, -0.2) is 33.4 Å². The molecule has 0 bridgehead atoms. The van der Waals surface area contributed by atoms with Crippen LogP contribution < -0.4 is 10.0 Å². The molecule has 0 spiro atoms. The first-order chi connectivity index (χ1) is 13.8. The Morgan fingerprint density at radius 3 is 2.41 bits per heavy atom. The number of hydrogen-bond donors (Lipinski definition) is 2. The molecule has 3 aromatic rings. The lowest BCUT2D eigenvalue weighted by atomic mass is 10.1. The van der Waals surface area contributed by atoms with E-state index in [0.717, 1.165) is 10.8 Å². The fourth-order valence-corrected chi connectivity index (χ4v) is 3.53. The molecular formula is C21H20N2O5S. The van der Waals surface area contributed by atoms with Crippen LogP contribution in [-0.2, 0) is 19.6 Å². The molecule has 0 aliphatic rings. The number of benzene rings is 3. The summed E-state index contributed by atoms with van der Waals surface area (Å²) in [5, 5.41) is 4.60. The minimum atomic E-state index is -3.70. The van der Waals surface area contributed by atoms with E-state index in [1.54, 1.807) is 6.07 Å². The van der Waals surface area contributed by atoms with Crippen LogP contribution >= 0.6 is 0 Å². The third-order valence-corrected chi connectivity index (χ3v) is 5.76. The molecule has 1 unspecified atom stereocenters. The van der Waals surface area contributed by atoms with Crippen LogP contribution in [0.3, 0.4) is 0 Å². The molecule has 0 aliphatic heterocycles. The number of nitrogens with one attached hydrogen (secondary N) is 2. The van der Waals surface area contributed by atoms with Gasteiger partial charge in [-0.25, -0.2) is 17.9 Å². The average Bonchev–Trinajstić information content (AvgIpc) is 2.74. The van der Waals surface area contributed by atoms with E-state index in [2.05, 4.69) is 10.0 Å². The number of carbonyl (C=O) groups excluding carboxylic acids is 2. The minimum Gasteiger partial charge on any atom is -0.449 e. The number of amides is 1. The number of carbonyl (C=O) groups is 2. The van der Waals surface area contributed by atoms with Crippen molar-refractivity contribution >= 4 is 38.4 Å². The van der Waals surface area contributed by atoms with Gasteiger partial charge < -0.3 is 10.1 Å². The number of rotatable bonds is 6. The first-order valence-electron chi connectivity index (χ1n) is 8.85. The van der Waals surface area contributed by atoms with Crippen LogP contribution in [0.4, 0.5) is 5.69 Å². The average molecular weight is 412 g/mol. The molecule has 1 amide bonds. The molecule has 0 saturated carbocycles. The van der Waals surface area contributed by atoms with Gasteiger partial charge in [0.25, 0.3) is 5.91 Å². The molecule has 29 heavy (non-hydrogen) atoms. The Morgan fingerprint density at radius 2 is 1.66 bits per heavy atom. The van der Waals surface area contributed by atoms with Crippen LogP contribution in [0.5, 0.6) is 0 Å². The maximum Gasteiger partial charge on any atom is 0.338 e. The predicted octanol–water partition coefficient (Wildman–Crippen LogP) is 2.93. The molecule has 8 heteroatoms. The summed E-state index contributed by atoms with van der Waals surface area (Å²) in [6.45, 7) is 1.45. The number of hydrogen-bond acceptors (Lipinski definition) is 5. The molecule has 3 rings (SSSR count). The largest absolute Gasteiger partial charge is 0.449 e. The number of sulfonamides is 1. The highest BCUT2D eigenvalue weighted by Crippen LogP contribution is 2.23. The highest BCUT2D eigenvalue weighted by Gasteiger charge is 2.21. The lowest BCUT2D eigenvalue weighted by Crippen LogP contribution is -2.30. The van der Waals surface area contributed by atoms with Gasteiger partial charge >= 0.3 is 5.97 Å². The SMILES string of the molecule is CNS(=O)(=O)c1cccc(C(=O)OC(C)C(=O)Nc2cccc3ccccc23)c1. The number of fused-ring (bicyclic) bond motifs is 1. The zero-order valence-electron chi connectivity index (χ0n) is 15.9. The predicted molar refractivity (Wildman–Crippen MR) is 110 cm³/mol. The molecule has 7 nitrogen and oxygen atoms in total. The van der Waals surface area contributed by atoms with Gasteiger partial charge in [-0.15, -0.1) is 0 Å². The van der Waals surface area contributed by atoms with Gasteiger partial charge in [-0.2, -0.15) is 0 Å². The molecule has 0 radical (unpaired) electrons. The third kappa shape index (κ3) is 4.61. The Kier molecular flexibility index (Phi) is 5.95. The monoisotopic (exact) mass is 412 g/mol. The van der Waals surface area contributed by atoms with E-state index in [0.29, 0.717) is 5.69 Å². The van der Waals surface area contributed by atoms with Crippen molar-refractivity contribution in [3.05, 3.63) is 72.3 Å². The van der Waals surface area contributed by atoms with E-state index in [4.69, 9.17) is 4.74 Å². The Bertz CT molecular complexity index is 1170. The Hall–Kier alpha value is -3.23. The molecule has 3 aromatic carbocycles. The van der Waals surface area contributed by atoms with Gasteiger partial charge in [-0.1, -0.05) is 42.5 Å². The fourth-order valence-electron chi connectivity index (χ4n) is 2.76. The lowest BCUT2D eigenvalue weighted by Gasteiger charge is -2.15. The Labute approximate surface area is 168 Å². The quantitative estimate of drug-likeness (QED) is 0.606. The van der Waals surface area contributed by atoms with E-state index >= 15 is 0 Å². The number of anilines is 1. The number of ether oxygens (including phenoxy) is 1. The van der Waals surface area contributed by atoms with Crippen LogP contribution in [0.25, 0.3) is 10.8 Å². The van der Waals surface area contributed by atoms with Gasteiger partial charge in [0.05, 0.1) is 10.5 Å². The van der Waals surface area contributed by atoms with Crippen molar-refractivity contribution in [2.75, 3.05) is 12.4 Å². The molecule has 0 aliphatic carbocycles. The second-order valence-electron chi connectivity index (χ2n) is 6.30. The topological polar surface area (TPSA) is 102 Å². The van der Waals surface area contributed by atoms with E-state index in [-0.39, 0.29) is 10.5 Å². The summed E-state index contributed by atoms with van der Waals surface area (Å²) in [7, 11) is -2.42.